The van der Waals surface area contributed by atoms with Crippen molar-refractivity contribution in [2.45, 2.75) is 25.7 Å². The van der Waals surface area contributed by atoms with Gasteiger partial charge in [-0.2, -0.15) is 0 Å². The molecular formula is C20H17Cl2N3O2. The van der Waals surface area contributed by atoms with Gasteiger partial charge in [0.25, 0.3) is 0 Å². The highest BCUT2D eigenvalue weighted by atomic mass is 35.5. The zero-order valence-corrected chi connectivity index (χ0v) is 16.1. The summed E-state index contributed by atoms with van der Waals surface area (Å²) in [4.78, 5) is 9.84. The van der Waals surface area contributed by atoms with Gasteiger partial charge < -0.3 is 14.1 Å². The molecule has 0 saturated heterocycles. The minimum Gasteiger partial charge on any atom is -0.487 e. The first-order valence-electron chi connectivity index (χ1n) is 8.51. The summed E-state index contributed by atoms with van der Waals surface area (Å²) in [6.45, 7) is 2.30. The number of aromatic nitrogens is 2. The molecule has 3 aromatic rings. The van der Waals surface area contributed by atoms with Crippen molar-refractivity contribution in [3.05, 3.63) is 82.4 Å². The van der Waals surface area contributed by atoms with Crippen LogP contribution < -0.4 is 4.74 Å². The number of oxime groups is 1. The van der Waals surface area contributed by atoms with E-state index < -0.39 is 0 Å². The molecule has 2 aromatic carbocycles. The van der Waals surface area contributed by atoms with Crippen LogP contribution in [0.15, 0.2) is 66.3 Å². The van der Waals surface area contributed by atoms with E-state index in [0.717, 1.165) is 22.6 Å². The second-order valence-electron chi connectivity index (χ2n) is 6.27. The minimum atomic E-state index is -0.142. The molecule has 1 aliphatic heterocycles. The number of hydrogen-bond donors (Lipinski definition) is 0. The molecule has 2 unspecified atom stereocenters. The molecule has 27 heavy (non-hydrogen) atoms. The molecule has 0 radical (unpaired) electrons. The van der Waals surface area contributed by atoms with Gasteiger partial charge in [-0.05, 0) is 36.8 Å². The van der Waals surface area contributed by atoms with Crippen molar-refractivity contribution in [3.63, 3.8) is 0 Å². The van der Waals surface area contributed by atoms with Crippen LogP contribution in [-0.4, -0.2) is 21.4 Å². The van der Waals surface area contributed by atoms with Crippen molar-refractivity contribution >= 4 is 28.9 Å². The van der Waals surface area contributed by atoms with E-state index >= 15 is 0 Å². The maximum absolute atomic E-state index is 6.07. The highest BCUT2D eigenvalue weighted by Gasteiger charge is 2.34. The van der Waals surface area contributed by atoms with E-state index in [1.165, 1.54) is 0 Å². The van der Waals surface area contributed by atoms with E-state index in [4.69, 9.17) is 32.8 Å². The molecule has 2 heterocycles. The van der Waals surface area contributed by atoms with Crippen molar-refractivity contribution in [2.75, 3.05) is 0 Å². The van der Waals surface area contributed by atoms with E-state index in [0.29, 0.717) is 10.0 Å². The molecule has 0 N–H and O–H groups in total. The van der Waals surface area contributed by atoms with Crippen LogP contribution in [0, 0.1) is 0 Å². The van der Waals surface area contributed by atoms with Crippen molar-refractivity contribution in [1.82, 2.24) is 9.55 Å². The van der Waals surface area contributed by atoms with Gasteiger partial charge in [-0.15, -0.1) is 0 Å². The molecule has 138 valence electrons. The van der Waals surface area contributed by atoms with Crippen LogP contribution in [0.1, 0.15) is 24.1 Å². The number of nitrogens with zero attached hydrogens (tertiary/aromatic N) is 3. The number of imidazole rings is 1. The van der Waals surface area contributed by atoms with Gasteiger partial charge in [0.1, 0.15) is 30.2 Å². The first-order chi connectivity index (χ1) is 13.1. The van der Waals surface area contributed by atoms with Crippen LogP contribution in [0.5, 0.6) is 5.75 Å². The Hall–Kier alpha value is -2.50. The topological polar surface area (TPSA) is 48.6 Å². The smallest absolute Gasteiger partial charge is 0.142 e. The Morgan fingerprint density at radius 3 is 2.81 bits per heavy atom. The fourth-order valence-electron chi connectivity index (χ4n) is 3.15. The quantitative estimate of drug-likeness (QED) is 0.569. The van der Waals surface area contributed by atoms with Gasteiger partial charge in [0.2, 0.25) is 0 Å². The summed E-state index contributed by atoms with van der Waals surface area (Å²) in [5.41, 5.74) is 2.59. The third-order valence-electron chi connectivity index (χ3n) is 4.42. The number of ether oxygens (including phenoxy) is 1. The van der Waals surface area contributed by atoms with Gasteiger partial charge in [-0.3, -0.25) is 0 Å². The van der Waals surface area contributed by atoms with Crippen LogP contribution >= 0.6 is 23.2 Å². The van der Waals surface area contributed by atoms with E-state index in [-0.39, 0.29) is 18.8 Å². The maximum Gasteiger partial charge on any atom is 0.142 e. The molecule has 0 bridgehead atoms. The summed E-state index contributed by atoms with van der Waals surface area (Å²) in [6.07, 6.45) is 5.27. The SMILES string of the molecule is CC1Oc2ccccc2/C(=N/OCc2ccc(Cl)c(Cl)c2)C1n1ccnc1. The molecule has 0 saturated carbocycles. The highest BCUT2D eigenvalue weighted by molar-refractivity contribution is 6.42. The summed E-state index contributed by atoms with van der Waals surface area (Å²) < 4.78 is 8.05. The monoisotopic (exact) mass is 401 g/mol. The Balaban J connectivity index is 1.65. The first kappa shape index (κ1) is 17.9. The molecule has 0 amide bonds. The van der Waals surface area contributed by atoms with Gasteiger partial charge in [-0.1, -0.05) is 46.6 Å². The Kier molecular flexibility index (Phi) is 5.05. The fourth-order valence-corrected chi connectivity index (χ4v) is 3.47. The van der Waals surface area contributed by atoms with Crippen LogP contribution in [0.25, 0.3) is 0 Å². The van der Waals surface area contributed by atoms with Crippen molar-refractivity contribution in [1.29, 1.82) is 0 Å². The van der Waals surface area contributed by atoms with Gasteiger partial charge in [0.15, 0.2) is 0 Å². The van der Waals surface area contributed by atoms with E-state index in [1.54, 1.807) is 24.7 Å². The largest absolute Gasteiger partial charge is 0.487 e. The number of benzene rings is 2. The maximum atomic E-state index is 6.07. The molecule has 1 aromatic heterocycles. The van der Waals surface area contributed by atoms with E-state index in [9.17, 15) is 0 Å². The molecule has 4 rings (SSSR count). The van der Waals surface area contributed by atoms with Crippen molar-refractivity contribution < 1.29 is 9.57 Å². The predicted molar refractivity (Wildman–Crippen MR) is 106 cm³/mol. The van der Waals surface area contributed by atoms with Gasteiger partial charge >= 0.3 is 0 Å². The summed E-state index contributed by atoms with van der Waals surface area (Å²) in [7, 11) is 0. The standard InChI is InChI=1S/C20H17Cl2N3O2/c1-13-20(25-9-8-23-12-25)19(15-4-2-3-5-18(15)27-13)24-26-11-14-6-7-16(21)17(22)10-14/h2-10,12-13,20H,11H2,1H3/b24-19-. The summed E-state index contributed by atoms with van der Waals surface area (Å²) in [5.74, 6) is 0.790. The Morgan fingerprint density at radius 2 is 2.04 bits per heavy atom. The van der Waals surface area contributed by atoms with E-state index in [1.807, 2.05) is 48.0 Å². The lowest BCUT2D eigenvalue weighted by molar-refractivity contribution is 0.122. The number of para-hydroxylation sites is 1. The summed E-state index contributed by atoms with van der Waals surface area (Å²) >= 11 is 12.0. The second-order valence-corrected chi connectivity index (χ2v) is 7.09. The van der Waals surface area contributed by atoms with Gasteiger partial charge in [0, 0.05) is 18.0 Å². The molecule has 1 aliphatic rings. The highest BCUT2D eigenvalue weighted by Crippen LogP contribution is 2.34. The molecule has 0 aliphatic carbocycles. The molecular weight excluding hydrogens is 385 g/mol. The summed E-state index contributed by atoms with van der Waals surface area (Å²) in [5, 5.41) is 5.48. The van der Waals surface area contributed by atoms with Crippen LogP contribution in [0.2, 0.25) is 10.0 Å². The lowest BCUT2D eigenvalue weighted by Gasteiger charge is -2.33. The number of rotatable bonds is 4. The Morgan fingerprint density at radius 1 is 1.19 bits per heavy atom. The molecule has 0 spiro atoms. The van der Waals surface area contributed by atoms with Crippen LogP contribution in [-0.2, 0) is 11.4 Å². The third kappa shape index (κ3) is 3.66. The van der Waals surface area contributed by atoms with Crippen molar-refractivity contribution in [3.8, 4) is 5.75 Å². The predicted octanol–water partition coefficient (Wildman–Crippen LogP) is 5.13. The van der Waals surface area contributed by atoms with Crippen LogP contribution in [0.3, 0.4) is 0 Å². The molecule has 0 fully saturated rings. The molecule has 7 heteroatoms. The second kappa shape index (κ2) is 7.62. The molecule has 5 nitrogen and oxygen atoms in total. The zero-order valence-electron chi connectivity index (χ0n) is 14.5. The lowest BCUT2D eigenvalue weighted by Crippen LogP contribution is -2.37. The zero-order chi connectivity index (χ0) is 18.8. The normalized spacial score (nSPS) is 20.2. The van der Waals surface area contributed by atoms with Gasteiger partial charge in [-0.25, -0.2) is 4.98 Å². The van der Waals surface area contributed by atoms with Crippen molar-refractivity contribution in [2.24, 2.45) is 5.16 Å². The Labute approximate surface area is 167 Å². The summed E-state index contributed by atoms with van der Waals surface area (Å²) in [6, 6.07) is 13.1. The minimum absolute atomic E-state index is 0.124. The number of halogens is 2. The van der Waals surface area contributed by atoms with Gasteiger partial charge in [0.05, 0.1) is 16.4 Å². The molecule has 2 atom stereocenters. The van der Waals surface area contributed by atoms with E-state index in [2.05, 4.69) is 10.1 Å². The average Bonchev–Trinajstić information content (AvgIpc) is 3.18. The lowest BCUT2D eigenvalue weighted by atomic mass is 9.95. The average molecular weight is 402 g/mol. The van der Waals surface area contributed by atoms with Crippen LogP contribution in [0.4, 0.5) is 0 Å². The Bertz CT molecular complexity index is 973. The fraction of sp³-hybridized carbons (Fsp3) is 0.200. The third-order valence-corrected chi connectivity index (χ3v) is 5.16. The first-order valence-corrected chi connectivity index (χ1v) is 9.26. The number of fused-ring (bicyclic) bond motifs is 1. The number of hydrogen-bond acceptors (Lipinski definition) is 4.